The molecule has 2 heterocycles. The molecule has 0 saturated heterocycles. The average Bonchev–Trinajstić information content (AvgIpc) is 3.04. The molecule has 0 spiro atoms. The smallest absolute Gasteiger partial charge is 0.199 e. The third kappa shape index (κ3) is 3.03. The van der Waals surface area contributed by atoms with Gasteiger partial charge in [-0.25, -0.2) is 4.98 Å². The number of phenolic OH excluding ortho intramolecular Hbond substituents is 1. The minimum absolute atomic E-state index is 0.107. The Hall–Kier alpha value is -2.89. The number of phenols is 1. The number of thiophene rings is 1. The molecule has 0 atom stereocenters. The molecule has 6 heteroatoms. The van der Waals surface area contributed by atoms with E-state index in [1.165, 1.54) is 29.5 Å². The van der Waals surface area contributed by atoms with E-state index in [2.05, 4.69) is 4.98 Å². The van der Waals surface area contributed by atoms with E-state index in [1.807, 2.05) is 30.3 Å². The summed E-state index contributed by atoms with van der Waals surface area (Å²) in [6.07, 6.45) is 1.08. The summed E-state index contributed by atoms with van der Waals surface area (Å²) in [6, 6.07) is 15.7. The van der Waals surface area contributed by atoms with Crippen molar-refractivity contribution >= 4 is 55.6 Å². The van der Waals surface area contributed by atoms with Gasteiger partial charge >= 0.3 is 0 Å². The number of aromatic nitrogens is 1. The highest BCUT2D eigenvalue weighted by Crippen LogP contribution is 2.30. The molecule has 0 radical (unpaired) electrons. The molecule has 2 N–H and O–H groups in total. The number of fused-ring (bicyclic) bond motifs is 2. The van der Waals surface area contributed by atoms with E-state index in [1.54, 1.807) is 6.07 Å². The molecule has 4 aromatic rings. The van der Waals surface area contributed by atoms with Gasteiger partial charge in [0.05, 0.1) is 16.0 Å². The second-order valence-corrected chi connectivity index (χ2v) is 7.21. The summed E-state index contributed by atoms with van der Waals surface area (Å²) >= 11 is 7.14. The molecule has 4 nitrogen and oxygen atoms in total. The summed E-state index contributed by atoms with van der Waals surface area (Å²) < 4.78 is 0. The summed E-state index contributed by atoms with van der Waals surface area (Å²) in [5, 5.41) is 22.3. The molecule has 0 bridgehead atoms. The number of hydrogen-bond acceptors (Lipinski definition) is 5. The fourth-order valence-electron chi connectivity index (χ4n) is 2.68. The van der Waals surface area contributed by atoms with Crippen LogP contribution in [0.25, 0.3) is 26.9 Å². The number of allylic oxidation sites excluding steroid dienone is 1. The quantitative estimate of drug-likeness (QED) is 0.275. The monoisotopic (exact) mass is 381 g/mol. The Labute approximate surface area is 157 Å². The van der Waals surface area contributed by atoms with E-state index in [-0.39, 0.29) is 22.9 Å². The lowest BCUT2D eigenvalue weighted by molar-refractivity contribution is 0.105. The zero-order chi connectivity index (χ0) is 18.3. The third-order valence-corrected chi connectivity index (χ3v) is 5.25. The molecule has 0 unspecified atom stereocenters. The van der Waals surface area contributed by atoms with Crippen molar-refractivity contribution in [2.45, 2.75) is 0 Å². The number of benzene rings is 2. The van der Waals surface area contributed by atoms with Gasteiger partial charge in [-0.2, -0.15) is 0 Å². The number of halogens is 1. The Balaban J connectivity index is 1.73. The summed E-state index contributed by atoms with van der Waals surface area (Å²) in [6.45, 7) is 0. The largest absolute Gasteiger partial charge is 0.507 e. The van der Waals surface area contributed by atoms with Crippen molar-refractivity contribution in [1.82, 2.24) is 4.98 Å². The summed E-state index contributed by atoms with van der Waals surface area (Å²) in [7, 11) is 0. The van der Waals surface area contributed by atoms with Crippen LogP contribution >= 0.6 is 22.9 Å². The first-order valence-electron chi connectivity index (χ1n) is 7.74. The topological polar surface area (TPSA) is 70.4 Å². The minimum Gasteiger partial charge on any atom is -0.507 e. The van der Waals surface area contributed by atoms with E-state index in [4.69, 9.17) is 11.6 Å². The molecule has 4 rings (SSSR count). The van der Waals surface area contributed by atoms with E-state index in [0.717, 1.165) is 27.2 Å². The van der Waals surface area contributed by atoms with Crippen molar-refractivity contribution < 1.29 is 15.0 Å². The predicted molar refractivity (Wildman–Crippen MR) is 105 cm³/mol. The Morgan fingerprint density at radius 2 is 1.88 bits per heavy atom. The first-order chi connectivity index (χ1) is 12.5. The normalized spacial score (nSPS) is 12.0. The predicted octanol–water partition coefficient (Wildman–Crippen LogP) is 5.59. The van der Waals surface area contributed by atoms with Crippen molar-refractivity contribution in [2.75, 3.05) is 0 Å². The Kier molecular flexibility index (Phi) is 4.11. The van der Waals surface area contributed by atoms with Gasteiger partial charge in [0.25, 0.3) is 0 Å². The molecule has 128 valence electrons. The van der Waals surface area contributed by atoms with Crippen LogP contribution in [0.15, 0.2) is 60.7 Å². The summed E-state index contributed by atoms with van der Waals surface area (Å²) in [5.41, 5.74) is 0.971. The number of nitrogens with zero attached hydrogens (tertiary/aromatic N) is 1. The second-order valence-electron chi connectivity index (χ2n) is 5.74. The molecule has 0 aliphatic carbocycles. The summed E-state index contributed by atoms with van der Waals surface area (Å²) in [4.78, 5) is 18.3. The van der Waals surface area contributed by atoms with Crippen LogP contribution in [-0.2, 0) is 0 Å². The van der Waals surface area contributed by atoms with Gasteiger partial charge in [-0.3, -0.25) is 4.79 Å². The van der Waals surface area contributed by atoms with Crippen LogP contribution < -0.4 is 0 Å². The highest BCUT2D eigenvalue weighted by Gasteiger charge is 2.14. The fraction of sp³-hybridized carbons (Fsp3) is 0. The number of rotatable bonds is 3. The number of para-hydroxylation sites is 1. The van der Waals surface area contributed by atoms with Gasteiger partial charge in [-0.05, 0) is 36.4 Å². The van der Waals surface area contributed by atoms with Gasteiger partial charge in [0.2, 0.25) is 0 Å². The Morgan fingerprint density at radius 1 is 1.08 bits per heavy atom. The Bertz CT molecular complexity index is 1140. The molecule has 0 amide bonds. The zero-order valence-corrected chi connectivity index (χ0v) is 14.9. The van der Waals surface area contributed by atoms with Crippen LogP contribution in [-0.4, -0.2) is 21.0 Å². The maximum atomic E-state index is 12.5. The third-order valence-electron chi connectivity index (χ3n) is 3.96. The Morgan fingerprint density at radius 3 is 2.73 bits per heavy atom. The van der Waals surface area contributed by atoms with Crippen LogP contribution in [0.3, 0.4) is 0 Å². The molecule has 0 saturated carbocycles. The molecule has 2 aromatic heterocycles. The lowest BCUT2D eigenvalue weighted by Gasteiger charge is -2.03. The van der Waals surface area contributed by atoms with Crippen molar-refractivity contribution in [3.05, 3.63) is 76.1 Å². The van der Waals surface area contributed by atoms with Gasteiger partial charge in [-0.1, -0.05) is 29.8 Å². The fourth-order valence-corrected chi connectivity index (χ4v) is 3.79. The number of aliphatic hydroxyl groups excluding tert-OH is 1. The highest BCUT2D eigenvalue weighted by molar-refractivity contribution is 7.20. The molecular formula is C20H12ClNO3S. The molecular weight excluding hydrogens is 370 g/mol. The first kappa shape index (κ1) is 16.6. The number of aromatic hydroxyl groups is 1. The highest BCUT2D eigenvalue weighted by atomic mass is 35.5. The average molecular weight is 382 g/mol. The van der Waals surface area contributed by atoms with Gasteiger partial charge in [0, 0.05) is 21.9 Å². The van der Waals surface area contributed by atoms with Gasteiger partial charge < -0.3 is 10.2 Å². The first-order valence-corrected chi connectivity index (χ1v) is 8.94. The lowest BCUT2D eigenvalue weighted by atomic mass is 10.1. The molecule has 0 aliphatic rings. The van der Waals surface area contributed by atoms with Gasteiger partial charge in [0.1, 0.15) is 16.3 Å². The van der Waals surface area contributed by atoms with E-state index < -0.39 is 0 Å². The van der Waals surface area contributed by atoms with Crippen molar-refractivity contribution in [2.24, 2.45) is 0 Å². The SMILES string of the molecule is O=C(/C=C(\O)c1cc(Cl)ccc1O)c1cc2cc3ccccc3nc2s1. The van der Waals surface area contributed by atoms with E-state index in [0.29, 0.717) is 9.90 Å². The van der Waals surface area contributed by atoms with Crippen LogP contribution in [0, 0.1) is 0 Å². The number of ketones is 1. The van der Waals surface area contributed by atoms with Crippen LogP contribution in [0.1, 0.15) is 15.2 Å². The van der Waals surface area contributed by atoms with E-state index >= 15 is 0 Å². The molecule has 0 fully saturated rings. The van der Waals surface area contributed by atoms with Gasteiger partial charge in [-0.15, -0.1) is 11.3 Å². The standard InChI is InChI=1S/C20H12ClNO3S/c21-13-5-6-16(23)14(9-13)17(24)10-18(25)19-8-12-7-11-3-1-2-4-15(11)22-20(12)26-19/h1-10,23-24H/b17-10-. The number of pyridine rings is 1. The van der Waals surface area contributed by atoms with Crippen LogP contribution in [0.4, 0.5) is 0 Å². The number of hydrogen-bond donors (Lipinski definition) is 2. The van der Waals surface area contributed by atoms with Crippen molar-refractivity contribution in [3.8, 4) is 5.75 Å². The van der Waals surface area contributed by atoms with Crippen LogP contribution in [0.5, 0.6) is 5.75 Å². The zero-order valence-electron chi connectivity index (χ0n) is 13.3. The molecule has 2 aromatic carbocycles. The minimum atomic E-state index is -0.367. The van der Waals surface area contributed by atoms with Crippen molar-refractivity contribution in [1.29, 1.82) is 0 Å². The summed E-state index contributed by atoms with van der Waals surface area (Å²) in [5.74, 6) is -0.861. The van der Waals surface area contributed by atoms with Crippen molar-refractivity contribution in [3.63, 3.8) is 0 Å². The second kappa shape index (κ2) is 6.44. The lowest BCUT2D eigenvalue weighted by Crippen LogP contribution is -1.93. The number of carbonyl (C=O) groups excluding carboxylic acids is 1. The number of carbonyl (C=O) groups is 1. The van der Waals surface area contributed by atoms with Crippen LogP contribution in [0.2, 0.25) is 5.02 Å². The van der Waals surface area contributed by atoms with E-state index in [9.17, 15) is 15.0 Å². The molecule has 26 heavy (non-hydrogen) atoms. The number of aliphatic hydroxyl groups is 1. The molecule has 0 aliphatic heterocycles. The maximum absolute atomic E-state index is 12.5. The maximum Gasteiger partial charge on any atom is 0.199 e. The van der Waals surface area contributed by atoms with Gasteiger partial charge in [0.15, 0.2) is 5.78 Å².